The van der Waals surface area contributed by atoms with Gasteiger partial charge < -0.3 is 26.4 Å². The zero-order chi connectivity index (χ0) is 19.9. The van der Waals surface area contributed by atoms with Gasteiger partial charge in [-0.25, -0.2) is 0 Å². The van der Waals surface area contributed by atoms with Gasteiger partial charge in [-0.2, -0.15) is 0 Å². The lowest BCUT2D eigenvalue weighted by Crippen LogP contribution is -2.31. The van der Waals surface area contributed by atoms with Gasteiger partial charge in [0.1, 0.15) is 5.75 Å². The molecule has 0 aromatic heterocycles. The third-order valence-electron chi connectivity index (χ3n) is 4.46. The van der Waals surface area contributed by atoms with Gasteiger partial charge in [-0.1, -0.05) is 30.3 Å². The molecule has 6 heteroatoms. The van der Waals surface area contributed by atoms with Gasteiger partial charge in [-0.05, 0) is 81.3 Å². The van der Waals surface area contributed by atoms with Crippen molar-refractivity contribution < 1.29 is 9.53 Å². The molecular formula is C22H34N4O2. The zero-order valence-corrected chi connectivity index (χ0v) is 16.7. The van der Waals surface area contributed by atoms with Crippen molar-refractivity contribution in [3.63, 3.8) is 0 Å². The second kappa shape index (κ2) is 13.9. The molecule has 154 valence electrons. The Morgan fingerprint density at radius 1 is 0.821 bits per heavy atom. The molecule has 0 aliphatic carbocycles. The average Bonchev–Trinajstić information content (AvgIpc) is 2.73. The van der Waals surface area contributed by atoms with E-state index < -0.39 is 0 Å². The molecule has 0 radical (unpaired) electrons. The Bertz CT molecular complexity index is 693. The van der Waals surface area contributed by atoms with Crippen LogP contribution in [0.15, 0.2) is 42.5 Å². The summed E-state index contributed by atoms with van der Waals surface area (Å²) in [4.78, 5) is 11.9. The van der Waals surface area contributed by atoms with E-state index in [1.165, 1.54) is 6.42 Å². The lowest BCUT2D eigenvalue weighted by atomic mass is 10.1. The highest BCUT2D eigenvalue weighted by Crippen LogP contribution is 2.20. The van der Waals surface area contributed by atoms with E-state index >= 15 is 0 Å². The smallest absolute Gasteiger partial charge is 0.257 e. The molecule has 2 aromatic carbocycles. The Hall–Kier alpha value is -2.15. The Morgan fingerprint density at radius 3 is 2.25 bits per heavy atom. The summed E-state index contributed by atoms with van der Waals surface area (Å²) in [6.07, 6.45) is 4.27. The van der Waals surface area contributed by atoms with Crippen molar-refractivity contribution in [2.75, 3.05) is 45.9 Å². The molecule has 0 saturated heterocycles. The van der Waals surface area contributed by atoms with Gasteiger partial charge in [0.15, 0.2) is 6.61 Å². The summed E-state index contributed by atoms with van der Waals surface area (Å²) in [5, 5.41) is 11.9. The van der Waals surface area contributed by atoms with Crippen LogP contribution in [-0.2, 0) is 4.79 Å². The number of carbonyl (C=O) groups is 1. The van der Waals surface area contributed by atoms with E-state index in [1.54, 1.807) is 0 Å². The number of rotatable bonds is 15. The van der Waals surface area contributed by atoms with Crippen LogP contribution in [-0.4, -0.2) is 51.8 Å². The van der Waals surface area contributed by atoms with Gasteiger partial charge in [0.05, 0.1) is 0 Å². The minimum Gasteiger partial charge on any atom is -0.484 e. The van der Waals surface area contributed by atoms with Crippen LogP contribution in [0.5, 0.6) is 5.75 Å². The van der Waals surface area contributed by atoms with Crippen molar-refractivity contribution in [2.24, 2.45) is 5.73 Å². The monoisotopic (exact) mass is 386 g/mol. The van der Waals surface area contributed by atoms with Gasteiger partial charge in [-0.15, -0.1) is 0 Å². The molecule has 1 amide bonds. The number of fused-ring (bicyclic) bond motifs is 1. The molecule has 2 rings (SSSR count). The molecule has 0 aliphatic rings. The molecule has 0 fully saturated rings. The van der Waals surface area contributed by atoms with E-state index in [4.69, 9.17) is 10.5 Å². The highest BCUT2D eigenvalue weighted by atomic mass is 16.5. The number of ether oxygens (including phenoxy) is 1. The number of nitrogens with two attached hydrogens (primary N) is 1. The number of benzene rings is 2. The molecule has 6 nitrogen and oxygen atoms in total. The van der Waals surface area contributed by atoms with E-state index in [2.05, 4.69) is 22.0 Å². The van der Waals surface area contributed by atoms with Crippen molar-refractivity contribution >= 4 is 16.7 Å². The van der Waals surface area contributed by atoms with Crippen molar-refractivity contribution in [3.05, 3.63) is 42.5 Å². The molecule has 0 heterocycles. The summed E-state index contributed by atoms with van der Waals surface area (Å²) in [5.74, 6) is 0.629. The molecule has 0 bridgehead atoms. The third kappa shape index (κ3) is 9.17. The second-order valence-corrected chi connectivity index (χ2v) is 6.85. The molecule has 0 aliphatic heterocycles. The van der Waals surface area contributed by atoms with E-state index in [0.717, 1.165) is 62.8 Å². The molecule has 0 spiro atoms. The van der Waals surface area contributed by atoms with Crippen LogP contribution in [0.2, 0.25) is 0 Å². The molecule has 5 N–H and O–H groups in total. The molecule has 0 atom stereocenters. The standard InChI is InChI=1S/C22H34N4O2/c23-11-5-14-24-12-3-4-13-25-15-6-16-26-22(27)18-28-21-10-9-19-7-1-2-8-20(19)17-21/h1-2,7-10,17,24-25H,3-6,11-16,18,23H2,(H,26,27). The SMILES string of the molecule is NCCCNCCCCNCCCNC(=O)COc1ccc2ccccc2c1. The average molecular weight is 387 g/mol. The van der Waals surface area contributed by atoms with E-state index in [1.807, 2.05) is 36.4 Å². The number of hydrogen-bond acceptors (Lipinski definition) is 5. The van der Waals surface area contributed by atoms with Crippen LogP contribution in [0.1, 0.15) is 25.7 Å². The fraction of sp³-hybridized carbons (Fsp3) is 0.500. The van der Waals surface area contributed by atoms with Gasteiger partial charge in [0.25, 0.3) is 5.91 Å². The number of amides is 1. The van der Waals surface area contributed by atoms with Crippen LogP contribution in [0.25, 0.3) is 10.8 Å². The van der Waals surface area contributed by atoms with Crippen molar-refractivity contribution in [2.45, 2.75) is 25.7 Å². The third-order valence-corrected chi connectivity index (χ3v) is 4.46. The minimum absolute atomic E-state index is 0.0446. The normalized spacial score (nSPS) is 10.9. The fourth-order valence-electron chi connectivity index (χ4n) is 2.88. The lowest BCUT2D eigenvalue weighted by molar-refractivity contribution is -0.123. The first-order valence-corrected chi connectivity index (χ1v) is 10.3. The van der Waals surface area contributed by atoms with Gasteiger partial charge in [0, 0.05) is 6.54 Å². The van der Waals surface area contributed by atoms with Crippen LogP contribution in [0, 0.1) is 0 Å². The maximum Gasteiger partial charge on any atom is 0.257 e. The maximum absolute atomic E-state index is 11.9. The predicted molar refractivity (Wildman–Crippen MR) is 116 cm³/mol. The first-order valence-electron chi connectivity index (χ1n) is 10.3. The van der Waals surface area contributed by atoms with E-state index in [9.17, 15) is 4.79 Å². The quantitative estimate of drug-likeness (QED) is 0.352. The number of hydrogen-bond donors (Lipinski definition) is 4. The topological polar surface area (TPSA) is 88.4 Å². The lowest BCUT2D eigenvalue weighted by Gasteiger charge is -2.09. The molecule has 28 heavy (non-hydrogen) atoms. The first kappa shape index (κ1) is 22.1. The molecule has 2 aromatic rings. The number of nitrogens with one attached hydrogen (secondary N) is 3. The fourth-order valence-corrected chi connectivity index (χ4v) is 2.88. The number of carbonyl (C=O) groups excluding carboxylic acids is 1. The molecular weight excluding hydrogens is 352 g/mol. The van der Waals surface area contributed by atoms with Gasteiger partial charge in [-0.3, -0.25) is 4.79 Å². The maximum atomic E-state index is 11.9. The highest BCUT2D eigenvalue weighted by molar-refractivity contribution is 5.84. The summed E-state index contributed by atoms with van der Waals surface area (Å²) >= 11 is 0. The van der Waals surface area contributed by atoms with Crippen molar-refractivity contribution in [1.82, 2.24) is 16.0 Å². The van der Waals surface area contributed by atoms with Crippen molar-refractivity contribution in [1.29, 1.82) is 0 Å². The molecule has 0 saturated carbocycles. The van der Waals surface area contributed by atoms with Crippen molar-refractivity contribution in [3.8, 4) is 5.75 Å². The largest absolute Gasteiger partial charge is 0.484 e. The Kier molecular flexibility index (Phi) is 11.0. The summed E-state index contributed by atoms with van der Waals surface area (Å²) < 4.78 is 5.59. The number of unbranched alkanes of at least 4 members (excludes halogenated alkanes) is 1. The van der Waals surface area contributed by atoms with Crippen LogP contribution in [0.3, 0.4) is 0 Å². The Morgan fingerprint density at radius 2 is 1.50 bits per heavy atom. The minimum atomic E-state index is -0.0864. The zero-order valence-electron chi connectivity index (χ0n) is 16.7. The summed E-state index contributed by atoms with van der Waals surface area (Å²) in [7, 11) is 0. The van der Waals surface area contributed by atoms with E-state index in [-0.39, 0.29) is 12.5 Å². The predicted octanol–water partition coefficient (Wildman–Crippen LogP) is 2.03. The van der Waals surface area contributed by atoms with Gasteiger partial charge in [0.2, 0.25) is 0 Å². The summed E-state index contributed by atoms with van der Waals surface area (Å²) in [5.41, 5.74) is 5.45. The highest BCUT2D eigenvalue weighted by Gasteiger charge is 2.03. The summed E-state index contributed by atoms with van der Waals surface area (Å²) in [6, 6.07) is 14.0. The van der Waals surface area contributed by atoms with E-state index in [0.29, 0.717) is 12.3 Å². The first-order chi connectivity index (χ1) is 13.8. The van der Waals surface area contributed by atoms with Crippen LogP contribution < -0.4 is 26.4 Å². The Balaban J connectivity index is 1.44. The molecule has 0 unspecified atom stereocenters. The summed E-state index contributed by atoms with van der Waals surface area (Å²) in [6.45, 7) is 5.43. The Labute approximate surface area is 168 Å². The second-order valence-electron chi connectivity index (χ2n) is 6.85. The van der Waals surface area contributed by atoms with Gasteiger partial charge >= 0.3 is 0 Å². The van der Waals surface area contributed by atoms with Crippen LogP contribution >= 0.6 is 0 Å². The van der Waals surface area contributed by atoms with Crippen LogP contribution in [0.4, 0.5) is 0 Å².